The quantitative estimate of drug-likeness (QED) is 0.310. The molecule has 0 amide bonds. The highest BCUT2D eigenvalue weighted by Crippen LogP contribution is 2.29. The van der Waals surface area contributed by atoms with Crippen molar-refractivity contribution < 1.29 is 34.2 Å². The van der Waals surface area contributed by atoms with Gasteiger partial charge in [0.1, 0.15) is 6.61 Å². The van der Waals surface area contributed by atoms with Crippen molar-refractivity contribution >= 4 is 11.9 Å². The molecule has 0 aromatic heterocycles. The summed E-state index contributed by atoms with van der Waals surface area (Å²) in [7, 11) is 0. The van der Waals surface area contributed by atoms with Gasteiger partial charge in [0, 0.05) is 23.5 Å². The Morgan fingerprint density at radius 2 is 2.20 bits per heavy atom. The second kappa shape index (κ2) is 6.90. The first-order valence-corrected chi connectivity index (χ1v) is 8.80. The fourth-order valence-electron chi connectivity index (χ4n) is 4.03. The molecule has 2 saturated heterocycles. The minimum atomic E-state index is -2.05. The Balaban J connectivity index is 1.93. The molecule has 5 atom stereocenters. The van der Waals surface area contributed by atoms with Gasteiger partial charge in [0.05, 0.1) is 19.7 Å². The van der Waals surface area contributed by atoms with E-state index in [1.165, 1.54) is 4.90 Å². The molecule has 25 heavy (non-hydrogen) atoms. The molecule has 138 valence electrons. The number of quaternary nitrogens is 1. The van der Waals surface area contributed by atoms with Crippen molar-refractivity contribution in [3.63, 3.8) is 0 Å². The molecule has 2 fully saturated rings. The average Bonchev–Trinajstić information content (AvgIpc) is 3.18. The lowest BCUT2D eigenvalue weighted by Crippen LogP contribution is -3.12. The molecule has 3 N–H and O–H groups in total. The zero-order valence-electron chi connectivity index (χ0n) is 14.7. The van der Waals surface area contributed by atoms with Gasteiger partial charge < -0.3 is 24.6 Å². The highest BCUT2D eigenvalue weighted by molar-refractivity contribution is 5.89. The van der Waals surface area contributed by atoms with Gasteiger partial charge in [-0.25, -0.2) is 9.59 Å². The Hall–Kier alpha value is -1.70. The number of esters is 2. The minimum Gasteiger partial charge on any atom is -0.459 e. The average molecular weight is 352 g/mol. The molecule has 1 unspecified atom stereocenters. The van der Waals surface area contributed by atoms with E-state index in [0.29, 0.717) is 5.57 Å². The molecule has 0 radical (unpaired) electrons. The summed E-state index contributed by atoms with van der Waals surface area (Å²) >= 11 is 0. The van der Waals surface area contributed by atoms with Crippen molar-refractivity contribution in [1.29, 1.82) is 0 Å². The minimum absolute atomic E-state index is 0.00562. The van der Waals surface area contributed by atoms with E-state index in [9.17, 15) is 19.8 Å². The van der Waals surface area contributed by atoms with E-state index in [2.05, 4.69) is 0 Å². The van der Waals surface area contributed by atoms with Crippen LogP contribution in [0.1, 0.15) is 26.7 Å². The SMILES string of the molecule is C/C=C1\C[C@@H](C)[C@](O)(CO)C(=O)OCC2=CC[NH+]3CC[C@@H](OC1=O)[C@H]23. The molecule has 0 aliphatic carbocycles. The normalized spacial score (nSPS) is 40.6. The maximum atomic E-state index is 12.6. The number of carbonyl (C=O) groups is 2. The van der Waals surface area contributed by atoms with Crippen LogP contribution in [0.25, 0.3) is 0 Å². The summed E-state index contributed by atoms with van der Waals surface area (Å²) < 4.78 is 11.1. The Bertz CT molecular complexity index is 627. The summed E-state index contributed by atoms with van der Waals surface area (Å²) in [6.45, 7) is 4.33. The number of nitrogens with one attached hydrogen (secondary N) is 1. The smallest absolute Gasteiger partial charge is 0.341 e. The van der Waals surface area contributed by atoms with Gasteiger partial charge >= 0.3 is 11.9 Å². The Labute approximate surface area is 146 Å². The van der Waals surface area contributed by atoms with Crippen molar-refractivity contribution in [2.24, 2.45) is 5.92 Å². The summed E-state index contributed by atoms with van der Waals surface area (Å²) in [5, 5.41) is 20.2. The lowest BCUT2D eigenvalue weighted by atomic mass is 9.84. The molecule has 0 bridgehead atoms. The molecule has 3 aliphatic heterocycles. The fraction of sp³-hybridized carbons (Fsp3) is 0.667. The van der Waals surface area contributed by atoms with E-state index in [4.69, 9.17) is 9.47 Å². The van der Waals surface area contributed by atoms with E-state index in [0.717, 1.165) is 25.1 Å². The summed E-state index contributed by atoms with van der Waals surface area (Å²) in [6, 6.07) is -0.00562. The summed E-state index contributed by atoms with van der Waals surface area (Å²) in [4.78, 5) is 26.3. The molecule has 3 aliphatic rings. The van der Waals surface area contributed by atoms with Crippen LogP contribution in [0.4, 0.5) is 0 Å². The van der Waals surface area contributed by atoms with Crippen LogP contribution in [0, 0.1) is 5.92 Å². The number of ether oxygens (including phenoxy) is 2. The van der Waals surface area contributed by atoms with Crippen LogP contribution in [-0.2, 0) is 19.1 Å². The number of aliphatic hydroxyl groups excluding tert-OH is 1. The molecular weight excluding hydrogens is 326 g/mol. The van der Waals surface area contributed by atoms with Gasteiger partial charge in [-0.05, 0) is 19.4 Å². The third-order valence-electron chi connectivity index (χ3n) is 5.76. The van der Waals surface area contributed by atoms with Crippen LogP contribution in [0.15, 0.2) is 23.3 Å². The van der Waals surface area contributed by atoms with E-state index in [1.54, 1.807) is 19.9 Å². The molecule has 0 spiro atoms. The first-order chi connectivity index (χ1) is 11.9. The summed E-state index contributed by atoms with van der Waals surface area (Å²) in [6.07, 6.45) is 4.33. The third-order valence-corrected chi connectivity index (χ3v) is 5.76. The topological polar surface area (TPSA) is 97.5 Å². The summed E-state index contributed by atoms with van der Waals surface area (Å²) in [5.74, 6) is -1.96. The second-order valence-corrected chi connectivity index (χ2v) is 7.18. The van der Waals surface area contributed by atoms with Crippen molar-refractivity contribution in [3.05, 3.63) is 23.3 Å². The van der Waals surface area contributed by atoms with Crippen LogP contribution < -0.4 is 4.90 Å². The van der Waals surface area contributed by atoms with Crippen LogP contribution >= 0.6 is 0 Å². The number of hydrogen-bond donors (Lipinski definition) is 3. The number of rotatable bonds is 1. The van der Waals surface area contributed by atoms with Gasteiger partial charge in [0.15, 0.2) is 17.7 Å². The number of cyclic esters (lactones) is 1. The molecule has 3 heterocycles. The number of carbonyl (C=O) groups excluding carboxylic acids is 2. The van der Waals surface area contributed by atoms with Crippen molar-refractivity contribution in [3.8, 4) is 0 Å². The van der Waals surface area contributed by atoms with Gasteiger partial charge in [-0.15, -0.1) is 0 Å². The molecule has 7 heteroatoms. The predicted molar refractivity (Wildman–Crippen MR) is 87.6 cm³/mol. The Kier molecular flexibility index (Phi) is 4.99. The van der Waals surface area contributed by atoms with E-state index in [-0.39, 0.29) is 25.2 Å². The summed E-state index contributed by atoms with van der Waals surface area (Å²) in [5.41, 5.74) is -0.743. The Morgan fingerprint density at radius 3 is 2.88 bits per heavy atom. The number of allylic oxidation sites excluding steroid dienone is 1. The lowest BCUT2D eigenvalue weighted by molar-refractivity contribution is -0.896. The monoisotopic (exact) mass is 352 g/mol. The van der Waals surface area contributed by atoms with Crippen molar-refractivity contribution in [2.75, 3.05) is 26.3 Å². The maximum Gasteiger partial charge on any atom is 0.341 e. The maximum absolute atomic E-state index is 12.6. The zero-order chi connectivity index (χ0) is 18.2. The van der Waals surface area contributed by atoms with Crippen LogP contribution in [0.5, 0.6) is 0 Å². The first kappa shape index (κ1) is 18.1. The highest BCUT2D eigenvalue weighted by atomic mass is 16.6. The predicted octanol–water partition coefficient (Wildman–Crippen LogP) is -1.25. The van der Waals surface area contributed by atoms with Gasteiger partial charge in [-0.1, -0.05) is 13.0 Å². The van der Waals surface area contributed by atoms with Gasteiger partial charge in [-0.2, -0.15) is 0 Å². The van der Waals surface area contributed by atoms with Gasteiger partial charge in [0.2, 0.25) is 0 Å². The number of aliphatic hydroxyl groups is 2. The highest BCUT2D eigenvalue weighted by Gasteiger charge is 2.49. The molecule has 3 rings (SSSR count). The fourth-order valence-corrected chi connectivity index (χ4v) is 4.03. The van der Waals surface area contributed by atoms with E-state index >= 15 is 0 Å². The third kappa shape index (κ3) is 3.12. The van der Waals surface area contributed by atoms with Crippen LogP contribution in [-0.4, -0.2) is 66.2 Å². The van der Waals surface area contributed by atoms with Gasteiger partial charge in [0.25, 0.3) is 0 Å². The second-order valence-electron chi connectivity index (χ2n) is 7.18. The number of hydrogen-bond acceptors (Lipinski definition) is 6. The Morgan fingerprint density at radius 1 is 1.44 bits per heavy atom. The molecule has 0 aromatic rings. The zero-order valence-corrected chi connectivity index (χ0v) is 14.7. The molecular formula is C18H26NO6+. The lowest BCUT2D eigenvalue weighted by Gasteiger charge is -2.31. The molecule has 0 aromatic carbocycles. The molecule has 0 saturated carbocycles. The first-order valence-electron chi connectivity index (χ1n) is 8.80. The van der Waals surface area contributed by atoms with Crippen LogP contribution in [0.3, 0.4) is 0 Å². The van der Waals surface area contributed by atoms with E-state index < -0.39 is 30.1 Å². The van der Waals surface area contributed by atoms with Gasteiger partial charge in [-0.3, -0.25) is 0 Å². The van der Waals surface area contributed by atoms with Crippen LogP contribution in [0.2, 0.25) is 0 Å². The van der Waals surface area contributed by atoms with Crippen molar-refractivity contribution in [1.82, 2.24) is 0 Å². The largest absolute Gasteiger partial charge is 0.459 e. The standard InChI is InChI=1S/C18H25NO6/c1-3-12-8-11(2)18(23,10-20)17(22)24-9-13-4-6-19-7-5-14(15(13)19)25-16(12)21/h3-4,11,14-15,20,23H,5-10H2,1-2H3/p+1/b12-3+/t11-,14-,15+,18-/m1/s1. The molecule has 7 nitrogen and oxygen atoms in total. The van der Waals surface area contributed by atoms with Crippen molar-refractivity contribution in [2.45, 2.75) is 44.4 Å². The van der Waals surface area contributed by atoms with E-state index in [1.807, 2.05) is 6.08 Å².